The lowest BCUT2D eigenvalue weighted by molar-refractivity contribution is -0.0639. The lowest BCUT2D eigenvalue weighted by atomic mass is 9.93. The molecule has 94 valence electrons. The van der Waals surface area contributed by atoms with Crippen molar-refractivity contribution in [2.75, 3.05) is 6.61 Å². The number of aromatic nitrogens is 1. The van der Waals surface area contributed by atoms with Crippen molar-refractivity contribution in [2.24, 2.45) is 0 Å². The predicted octanol–water partition coefficient (Wildman–Crippen LogP) is 2.69. The lowest BCUT2D eigenvalue weighted by Crippen LogP contribution is -2.44. The summed E-state index contributed by atoms with van der Waals surface area (Å²) in [6.07, 6.45) is 5.87. The molecule has 0 spiro atoms. The Labute approximate surface area is 104 Å². The maximum absolute atomic E-state index is 5.73. The first kappa shape index (κ1) is 12.5. The van der Waals surface area contributed by atoms with E-state index in [1.807, 2.05) is 12.4 Å². The molecule has 3 heteroatoms. The van der Waals surface area contributed by atoms with Gasteiger partial charge in [0.25, 0.3) is 0 Å². The van der Waals surface area contributed by atoms with Gasteiger partial charge in [-0.25, -0.2) is 0 Å². The molecule has 3 nitrogen and oxygen atoms in total. The molecule has 1 saturated heterocycles. The molecule has 2 rings (SSSR count). The van der Waals surface area contributed by atoms with Crippen molar-refractivity contribution in [3.8, 4) is 0 Å². The number of hydrogen-bond donors (Lipinski definition) is 1. The van der Waals surface area contributed by atoms with Crippen molar-refractivity contribution < 1.29 is 4.74 Å². The molecule has 2 atom stereocenters. The Morgan fingerprint density at radius 3 is 2.76 bits per heavy atom. The summed E-state index contributed by atoms with van der Waals surface area (Å²) in [5.74, 6) is 0. The van der Waals surface area contributed by atoms with E-state index in [1.165, 1.54) is 5.56 Å². The van der Waals surface area contributed by atoms with E-state index in [4.69, 9.17) is 4.74 Å². The van der Waals surface area contributed by atoms with Crippen LogP contribution in [0.1, 0.15) is 45.2 Å². The third-order valence-corrected chi connectivity index (χ3v) is 3.39. The van der Waals surface area contributed by atoms with Crippen LogP contribution in [0.5, 0.6) is 0 Å². The zero-order valence-corrected chi connectivity index (χ0v) is 10.9. The van der Waals surface area contributed by atoms with Gasteiger partial charge in [-0.3, -0.25) is 4.98 Å². The highest BCUT2D eigenvalue weighted by Gasteiger charge is 2.29. The lowest BCUT2D eigenvalue weighted by Gasteiger charge is -2.37. The van der Waals surface area contributed by atoms with E-state index in [2.05, 4.69) is 43.2 Å². The van der Waals surface area contributed by atoms with E-state index in [1.54, 1.807) is 0 Å². The van der Waals surface area contributed by atoms with E-state index in [0.29, 0.717) is 12.1 Å². The molecule has 0 radical (unpaired) electrons. The molecular formula is C14H22N2O. The standard InChI is InChI=1S/C14H22N2O/c1-11(12-4-7-15-8-5-12)16-13-6-9-17-14(2,3)10-13/h4-5,7-8,11,13,16H,6,9-10H2,1-3H3. The van der Waals surface area contributed by atoms with Gasteiger partial charge in [-0.1, -0.05) is 0 Å². The van der Waals surface area contributed by atoms with Crippen LogP contribution in [0.2, 0.25) is 0 Å². The minimum Gasteiger partial charge on any atom is -0.375 e. The largest absolute Gasteiger partial charge is 0.375 e. The molecular weight excluding hydrogens is 212 g/mol. The smallest absolute Gasteiger partial charge is 0.0641 e. The van der Waals surface area contributed by atoms with Crippen molar-refractivity contribution in [3.05, 3.63) is 30.1 Å². The Hall–Kier alpha value is -0.930. The highest BCUT2D eigenvalue weighted by molar-refractivity contribution is 5.14. The van der Waals surface area contributed by atoms with Crippen LogP contribution in [-0.2, 0) is 4.74 Å². The molecule has 0 aromatic carbocycles. The summed E-state index contributed by atoms with van der Waals surface area (Å²) in [5, 5.41) is 3.68. The molecule has 1 aliphatic heterocycles. The third-order valence-electron chi connectivity index (χ3n) is 3.39. The number of nitrogens with zero attached hydrogens (tertiary/aromatic N) is 1. The molecule has 1 aromatic rings. The summed E-state index contributed by atoms with van der Waals surface area (Å²) in [4.78, 5) is 4.05. The van der Waals surface area contributed by atoms with Crippen molar-refractivity contribution in [1.29, 1.82) is 0 Å². The second kappa shape index (κ2) is 5.15. The van der Waals surface area contributed by atoms with Gasteiger partial charge in [0.15, 0.2) is 0 Å². The van der Waals surface area contributed by atoms with E-state index in [0.717, 1.165) is 19.4 Å². The number of pyridine rings is 1. The van der Waals surface area contributed by atoms with Crippen LogP contribution in [-0.4, -0.2) is 23.2 Å². The summed E-state index contributed by atoms with van der Waals surface area (Å²) in [6.45, 7) is 7.39. The fourth-order valence-corrected chi connectivity index (χ4v) is 2.48. The Morgan fingerprint density at radius 1 is 1.41 bits per heavy atom. The summed E-state index contributed by atoms with van der Waals surface area (Å²) in [7, 11) is 0. The third kappa shape index (κ3) is 3.51. The van der Waals surface area contributed by atoms with Gasteiger partial charge in [-0.05, 0) is 51.3 Å². The topological polar surface area (TPSA) is 34.1 Å². The zero-order chi connectivity index (χ0) is 12.3. The van der Waals surface area contributed by atoms with Crippen LogP contribution in [0.25, 0.3) is 0 Å². The predicted molar refractivity (Wildman–Crippen MR) is 68.8 cm³/mol. The number of ether oxygens (including phenoxy) is 1. The fraction of sp³-hybridized carbons (Fsp3) is 0.643. The second-order valence-corrected chi connectivity index (χ2v) is 5.47. The molecule has 1 N–H and O–H groups in total. The molecule has 0 amide bonds. The minimum absolute atomic E-state index is 0.00782. The summed E-state index contributed by atoms with van der Waals surface area (Å²) in [6, 6.07) is 5.06. The Kier molecular flexibility index (Phi) is 3.79. The van der Waals surface area contributed by atoms with Crippen LogP contribution in [0, 0.1) is 0 Å². The van der Waals surface area contributed by atoms with Gasteiger partial charge in [-0.15, -0.1) is 0 Å². The van der Waals surface area contributed by atoms with E-state index in [9.17, 15) is 0 Å². The van der Waals surface area contributed by atoms with Gasteiger partial charge in [0.2, 0.25) is 0 Å². The normalized spacial score (nSPS) is 25.5. The molecule has 0 saturated carbocycles. The van der Waals surface area contributed by atoms with E-state index >= 15 is 0 Å². The minimum atomic E-state index is 0.00782. The quantitative estimate of drug-likeness (QED) is 0.873. The number of nitrogens with one attached hydrogen (secondary N) is 1. The number of hydrogen-bond acceptors (Lipinski definition) is 3. The molecule has 2 unspecified atom stereocenters. The fourth-order valence-electron chi connectivity index (χ4n) is 2.48. The average molecular weight is 234 g/mol. The summed E-state index contributed by atoms with van der Waals surface area (Å²) < 4.78 is 5.73. The van der Waals surface area contributed by atoms with Crippen LogP contribution in [0.15, 0.2) is 24.5 Å². The van der Waals surface area contributed by atoms with Crippen LogP contribution in [0.3, 0.4) is 0 Å². The van der Waals surface area contributed by atoms with Crippen molar-refractivity contribution >= 4 is 0 Å². The van der Waals surface area contributed by atoms with Crippen molar-refractivity contribution in [1.82, 2.24) is 10.3 Å². The molecule has 0 bridgehead atoms. The maximum atomic E-state index is 5.73. The molecule has 1 fully saturated rings. The van der Waals surface area contributed by atoms with Crippen LogP contribution < -0.4 is 5.32 Å². The Morgan fingerprint density at radius 2 is 2.12 bits per heavy atom. The first-order valence-corrected chi connectivity index (χ1v) is 6.37. The van der Waals surface area contributed by atoms with Crippen LogP contribution in [0.4, 0.5) is 0 Å². The first-order valence-electron chi connectivity index (χ1n) is 6.37. The SMILES string of the molecule is CC(NC1CCOC(C)(C)C1)c1ccncc1. The van der Waals surface area contributed by atoms with Gasteiger partial charge in [0.05, 0.1) is 5.60 Å². The van der Waals surface area contributed by atoms with Gasteiger partial charge < -0.3 is 10.1 Å². The zero-order valence-electron chi connectivity index (χ0n) is 10.9. The number of rotatable bonds is 3. The van der Waals surface area contributed by atoms with E-state index in [-0.39, 0.29) is 5.60 Å². The highest BCUT2D eigenvalue weighted by Crippen LogP contribution is 2.25. The molecule has 17 heavy (non-hydrogen) atoms. The first-order chi connectivity index (χ1) is 8.07. The Balaban J connectivity index is 1.93. The molecule has 1 aliphatic rings. The molecule has 0 aliphatic carbocycles. The average Bonchev–Trinajstić information content (AvgIpc) is 2.29. The van der Waals surface area contributed by atoms with Crippen molar-refractivity contribution in [2.45, 2.75) is 51.3 Å². The van der Waals surface area contributed by atoms with Crippen molar-refractivity contribution in [3.63, 3.8) is 0 Å². The second-order valence-electron chi connectivity index (χ2n) is 5.47. The van der Waals surface area contributed by atoms with E-state index < -0.39 is 0 Å². The van der Waals surface area contributed by atoms with Crippen LogP contribution >= 0.6 is 0 Å². The van der Waals surface area contributed by atoms with Gasteiger partial charge in [0.1, 0.15) is 0 Å². The maximum Gasteiger partial charge on any atom is 0.0641 e. The summed E-state index contributed by atoms with van der Waals surface area (Å²) >= 11 is 0. The Bertz CT molecular complexity index is 350. The highest BCUT2D eigenvalue weighted by atomic mass is 16.5. The molecule has 1 aromatic heterocycles. The molecule has 2 heterocycles. The van der Waals surface area contributed by atoms with Gasteiger partial charge in [-0.2, -0.15) is 0 Å². The van der Waals surface area contributed by atoms with Gasteiger partial charge in [0, 0.05) is 31.1 Å². The monoisotopic (exact) mass is 234 g/mol. The van der Waals surface area contributed by atoms with Gasteiger partial charge >= 0.3 is 0 Å². The summed E-state index contributed by atoms with van der Waals surface area (Å²) in [5.41, 5.74) is 1.30.